The zero-order chi connectivity index (χ0) is 15.4. The predicted octanol–water partition coefficient (Wildman–Crippen LogP) is 2.75. The molecule has 0 aromatic heterocycles. The number of carbonyl (C=O) groups is 2. The van der Waals surface area contributed by atoms with Gasteiger partial charge in [-0.2, -0.15) is 0 Å². The van der Waals surface area contributed by atoms with E-state index in [1.54, 1.807) is 13.8 Å². The molecule has 2 rings (SSSR count). The lowest BCUT2D eigenvalue weighted by Crippen LogP contribution is -2.43. The van der Waals surface area contributed by atoms with E-state index < -0.39 is 17.8 Å². The van der Waals surface area contributed by atoms with Gasteiger partial charge in [0.2, 0.25) is 5.91 Å². The minimum Gasteiger partial charge on any atom is -0.481 e. The van der Waals surface area contributed by atoms with Crippen LogP contribution in [0.4, 0.5) is 0 Å². The second-order valence-corrected chi connectivity index (χ2v) is 5.93. The lowest BCUT2D eigenvalue weighted by molar-refractivity contribution is -0.149. The van der Waals surface area contributed by atoms with E-state index in [-0.39, 0.29) is 5.91 Å². The lowest BCUT2D eigenvalue weighted by atomic mass is 9.88. The summed E-state index contributed by atoms with van der Waals surface area (Å²) in [5.74, 6) is -1.53. The van der Waals surface area contributed by atoms with Gasteiger partial charge in [0.25, 0.3) is 0 Å². The normalized spacial score (nSPS) is 19.0. The van der Waals surface area contributed by atoms with Crippen LogP contribution in [0.25, 0.3) is 0 Å². The number of likely N-dealkylation sites (tertiary alicyclic amines) is 1. The van der Waals surface area contributed by atoms with Crippen LogP contribution < -0.4 is 0 Å². The van der Waals surface area contributed by atoms with Crippen LogP contribution in [-0.4, -0.2) is 35.0 Å². The Hall–Kier alpha value is -1.84. The smallest absolute Gasteiger partial charge is 0.307 e. The first-order valence-corrected chi connectivity index (χ1v) is 7.57. The molecule has 1 amide bonds. The van der Waals surface area contributed by atoms with Crippen LogP contribution in [-0.2, 0) is 9.59 Å². The fourth-order valence-corrected chi connectivity index (χ4v) is 2.87. The van der Waals surface area contributed by atoms with Gasteiger partial charge >= 0.3 is 5.97 Å². The van der Waals surface area contributed by atoms with Crippen LogP contribution in [0, 0.1) is 11.8 Å². The molecule has 1 aromatic rings. The van der Waals surface area contributed by atoms with Crippen molar-refractivity contribution in [2.24, 2.45) is 11.8 Å². The van der Waals surface area contributed by atoms with Crippen molar-refractivity contribution in [3.05, 3.63) is 35.9 Å². The fourth-order valence-electron chi connectivity index (χ4n) is 2.87. The van der Waals surface area contributed by atoms with Gasteiger partial charge in [-0.05, 0) is 24.3 Å². The highest BCUT2D eigenvalue weighted by atomic mass is 16.4. The summed E-state index contributed by atoms with van der Waals surface area (Å²) >= 11 is 0. The molecule has 1 saturated heterocycles. The molecule has 1 aliphatic heterocycles. The minimum atomic E-state index is -0.907. The Bertz CT molecular complexity index is 492. The van der Waals surface area contributed by atoms with Crippen molar-refractivity contribution < 1.29 is 14.7 Å². The molecule has 1 fully saturated rings. The van der Waals surface area contributed by atoms with Crippen molar-refractivity contribution in [2.75, 3.05) is 13.1 Å². The van der Waals surface area contributed by atoms with E-state index in [1.807, 2.05) is 23.1 Å². The second kappa shape index (κ2) is 6.74. The van der Waals surface area contributed by atoms with Crippen molar-refractivity contribution in [3.8, 4) is 0 Å². The summed E-state index contributed by atoms with van der Waals surface area (Å²) < 4.78 is 0. The SMILES string of the molecule is CC(C(=O)O)C(C)C(=O)N1CCC(c2ccccc2)CC1. The molecule has 0 spiro atoms. The summed E-state index contributed by atoms with van der Waals surface area (Å²) in [6, 6.07) is 10.4. The van der Waals surface area contributed by atoms with Crippen molar-refractivity contribution in [1.82, 2.24) is 4.90 Å². The number of benzene rings is 1. The molecule has 0 saturated carbocycles. The Morgan fingerprint density at radius 1 is 1.10 bits per heavy atom. The summed E-state index contributed by atoms with van der Waals surface area (Å²) in [5.41, 5.74) is 1.33. The van der Waals surface area contributed by atoms with Gasteiger partial charge in [-0.3, -0.25) is 9.59 Å². The van der Waals surface area contributed by atoms with E-state index in [0.29, 0.717) is 5.92 Å². The second-order valence-electron chi connectivity index (χ2n) is 5.93. The Labute approximate surface area is 125 Å². The van der Waals surface area contributed by atoms with Gasteiger partial charge in [0.15, 0.2) is 0 Å². The molecule has 4 nitrogen and oxygen atoms in total. The molecule has 0 aliphatic carbocycles. The molecule has 4 heteroatoms. The molecule has 1 N–H and O–H groups in total. The Morgan fingerprint density at radius 3 is 2.19 bits per heavy atom. The van der Waals surface area contributed by atoms with E-state index in [0.717, 1.165) is 25.9 Å². The van der Waals surface area contributed by atoms with E-state index in [4.69, 9.17) is 5.11 Å². The van der Waals surface area contributed by atoms with Gasteiger partial charge < -0.3 is 10.0 Å². The maximum Gasteiger partial charge on any atom is 0.307 e. The number of aliphatic carboxylic acids is 1. The third-order valence-electron chi connectivity index (χ3n) is 4.61. The Balaban J connectivity index is 1.92. The summed E-state index contributed by atoms with van der Waals surface area (Å²) in [7, 11) is 0. The summed E-state index contributed by atoms with van der Waals surface area (Å²) in [6.45, 7) is 4.75. The molecule has 2 atom stereocenters. The quantitative estimate of drug-likeness (QED) is 0.927. The van der Waals surface area contributed by atoms with E-state index >= 15 is 0 Å². The summed E-state index contributed by atoms with van der Waals surface area (Å²) in [5, 5.41) is 9.02. The number of piperidine rings is 1. The highest BCUT2D eigenvalue weighted by Crippen LogP contribution is 2.29. The lowest BCUT2D eigenvalue weighted by Gasteiger charge is -2.34. The maximum absolute atomic E-state index is 12.3. The zero-order valence-electron chi connectivity index (χ0n) is 12.7. The number of hydrogen-bond acceptors (Lipinski definition) is 2. The number of nitrogens with zero attached hydrogens (tertiary/aromatic N) is 1. The van der Waals surface area contributed by atoms with Gasteiger partial charge in [0, 0.05) is 19.0 Å². The van der Waals surface area contributed by atoms with Crippen LogP contribution in [0.15, 0.2) is 30.3 Å². The zero-order valence-corrected chi connectivity index (χ0v) is 12.7. The molecular weight excluding hydrogens is 266 g/mol. The van der Waals surface area contributed by atoms with Crippen LogP contribution in [0.3, 0.4) is 0 Å². The molecule has 114 valence electrons. The number of amides is 1. The number of carboxylic acid groups (broad SMARTS) is 1. The summed E-state index contributed by atoms with van der Waals surface area (Å²) in [4.78, 5) is 25.2. The monoisotopic (exact) mass is 289 g/mol. The highest BCUT2D eigenvalue weighted by molar-refractivity contribution is 5.84. The van der Waals surface area contributed by atoms with Crippen molar-refractivity contribution >= 4 is 11.9 Å². The predicted molar refractivity (Wildman–Crippen MR) is 81.0 cm³/mol. The van der Waals surface area contributed by atoms with Gasteiger partial charge in [0.1, 0.15) is 0 Å². The number of hydrogen-bond donors (Lipinski definition) is 1. The van der Waals surface area contributed by atoms with Crippen molar-refractivity contribution in [3.63, 3.8) is 0 Å². The molecule has 1 aliphatic rings. The van der Waals surface area contributed by atoms with Gasteiger partial charge in [-0.1, -0.05) is 44.2 Å². The van der Waals surface area contributed by atoms with Crippen molar-refractivity contribution in [1.29, 1.82) is 0 Å². The molecule has 2 unspecified atom stereocenters. The molecule has 0 radical (unpaired) electrons. The number of rotatable bonds is 4. The molecular formula is C17H23NO3. The summed E-state index contributed by atoms with van der Waals surface area (Å²) in [6.07, 6.45) is 1.90. The molecule has 1 aromatic carbocycles. The topological polar surface area (TPSA) is 57.6 Å². The van der Waals surface area contributed by atoms with Gasteiger partial charge in [-0.25, -0.2) is 0 Å². The van der Waals surface area contributed by atoms with Gasteiger partial charge in [-0.15, -0.1) is 0 Å². The van der Waals surface area contributed by atoms with Gasteiger partial charge in [0.05, 0.1) is 5.92 Å². The first kappa shape index (κ1) is 15.5. The van der Waals surface area contributed by atoms with Crippen LogP contribution >= 0.6 is 0 Å². The fraction of sp³-hybridized carbons (Fsp3) is 0.529. The first-order chi connectivity index (χ1) is 10.0. The molecule has 1 heterocycles. The maximum atomic E-state index is 12.3. The third kappa shape index (κ3) is 3.63. The minimum absolute atomic E-state index is 0.0311. The number of carbonyl (C=O) groups excluding carboxylic acids is 1. The average Bonchev–Trinajstić information content (AvgIpc) is 2.53. The average molecular weight is 289 g/mol. The first-order valence-electron chi connectivity index (χ1n) is 7.57. The van der Waals surface area contributed by atoms with Crippen LogP contribution in [0.5, 0.6) is 0 Å². The standard InChI is InChI=1S/C17H23NO3/c1-12(13(2)17(20)21)16(19)18-10-8-15(9-11-18)14-6-4-3-5-7-14/h3-7,12-13,15H,8-11H2,1-2H3,(H,20,21). The number of carboxylic acids is 1. The highest BCUT2D eigenvalue weighted by Gasteiger charge is 2.31. The van der Waals surface area contributed by atoms with E-state index in [9.17, 15) is 9.59 Å². The van der Waals surface area contributed by atoms with Crippen LogP contribution in [0.1, 0.15) is 38.2 Å². The Morgan fingerprint density at radius 2 is 1.67 bits per heavy atom. The molecule has 21 heavy (non-hydrogen) atoms. The van der Waals surface area contributed by atoms with Crippen LogP contribution in [0.2, 0.25) is 0 Å². The third-order valence-corrected chi connectivity index (χ3v) is 4.61. The Kier molecular flexibility index (Phi) is 4.99. The molecule has 0 bridgehead atoms. The van der Waals surface area contributed by atoms with E-state index in [2.05, 4.69) is 12.1 Å². The van der Waals surface area contributed by atoms with E-state index in [1.165, 1.54) is 5.56 Å². The largest absolute Gasteiger partial charge is 0.481 e. The van der Waals surface area contributed by atoms with Crippen molar-refractivity contribution in [2.45, 2.75) is 32.6 Å².